The molecule has 2 saturated heterocycles. The molecule has 6 aromatic heterocycles. The first-order chi connectivity index (χ1) is 35.2. The molecule has 2 aliphatic heterocycles. The summed E-state index contributed by atoms with van der Waals surface area (Å²) in [6.07, 6.45) is 13.5. The molecule has 8 rings (SSSR count). The van der Waals surface area contributed by atoms with Crippen LogP contribution in [0.25, 0.3) is 33.3 Å². The quantitative estimate of drug-likeness (QED) is 0.0485. The number of fused-ring (bicyclic) bond motifs is 2. The zero-order valence-electron chi connectivity index (χ0n) is 40.5. The van der Waals surface area contributed by atoms with E-state index in [1.165, 1.54) is 13.4 Å². The van der Waals surface area contributed by atoms with Gasteiger partial charge in [0.15, 0.2) is 5.65 Å². The van der Waals surface area contributed by atoms with E-state index in [9.17, 15) is 19.2 Å². The normalized spacial score (nSPS) is 14.3. The minimum atomic E-state index is -0.230. The number of amides is 4. The van der Waals surface area contributed by atoms with E-state index in [1.54, 1.807) is 31.0 Å². The van der Waals surface area contributed by atoms with Gasteiger partial charge in [-0.1, -0.05) is 0 Å². The molecular formula is C47H62N18O7. The molecule has 72 heavy (non-hydrogen) atoms. The van der Waals surface area contributed by atoms with Crippen LogP contribution in [0.1, 0.15) is 41.6 Å². The number of anilines is 3. The van der Waals surface area contributed by atoms with Crippen LogP contribution in [0, 0.1) is 0 Å². The van der Waals surface area contributed by atoms with Crippen LogP contribution in [0.2, 0.25) is 0 Å². The number of ether oxygens (including phenoxy) is 3. The van der Waals surface area contributed by atoms with Crippen LogP contribution in [0.4, 0.5) is 17.7 Å². The summed E-state index contributed by atoms with van der Waals surface area (Å²) in [5.74, 6) is 0.973. The van der Waals surface area contributed by atoms with Crippen molar-refractivity contribution in [1.82, 2.24) is 75.4 Å². The van der Waals surface area contributed by atoms with Gasteiger partial charge in [0.25, 0.3) is 5.91 Å². The van der Waals surface area contributed by atoms with Gasteiger partial charge in [-0.3, -0.25) is 24.1 Å². The number of rotatable bonds is 25. The summed E-state index contributed by atoms with van der Waals surface area (Å²) in [5.41, 5.74) is 10.4. The molecule has 0 saturated carbocycles. The van der Waals surface area contributed by atoms with Gasteiger partial charge >= 0.3 is 0 Å². The second-order valence-electron chi connectivity index (χ2n) is 17.3. The largest absolute Gasteiger partial charge is 0.383 e. The number of piperazine rings is 2. The van der Waals surface area contributed by atoms with E-state index in [2.05, 4.69) is 65.6 Å². The zero-order chi connectivity index (χ0) is 50.1. The summed E-state index contributed by atoms with van der Waals surface area (Å²) in [5, 5.41) is 15.0. The standard InChI is InChI=1S/C47H62N18O7/c1-70-31-38(67)49-9-22-71-20-5-37(66)52-25-33-26-54-46(55-27-33)64-17-15-62(16-18-64)39(68)6-21-72-23-19-61-11-13-63(14-12-61)47-56-29-36(30-57-47)45(69)51-7-2-3-10-65-44-40(42(48)58-32-59-44)41(60-65)35-24-34-4-8-50-43(34)53-28-35/h4,8,24,26-30,32H,2-3,5-7,9-23,25,31H2,1H3,(H,49,67)(H,50,53)(H,51,69)(H,52,66)(H2,48,58,59). The Morgan fingerprint density at radius 3 is 2.21 bits per heavy atom. The Morgan fingerprint density at radius 2 is 1.44 bits per heavy atom. The van der Waals surface area contributed by atoms with Gasteiger partial charge in [0.1, 0.15) is 30.1 Å². The molecule has 8 heterocycles. The van der Waals surface area contributed by atoms with Gasteiger partial charge in [-0.25, -0.2) is 39.6 Å². The predicted molar refractivity (Wildman–Crippen MR) is 266 cm³/mol. The third-order valence-corrected chi connectivity index (χ3v) is 12.3. The first-order valence-electron chi connectivity index (χ1n) is 24.2. The molecule has 0 atom stereocenters. The molecule has 0 aliphatic carbocycles. The van der Waals surface area contributed by atoms with Crippen LogP contribution in [-0.4, -0.2) is 195 Å². The second kappa shape index (κ2) is 25.6. The minimum Gasteiger partial charge on any atom is -0.383 e. The summed E-state index contributed by atoms with van der Waals surface area (Å²) in [6, 6.07) is 3.97. The Bertz CT molecular complexity index is 2720. The summed E-state index contributed by atoms with van der Waals surface area (Å²) in [7, 11) is 1.45. The van der Waals surface area contributed by atoms with Crippen molar-refractivity contribution in [1.29, 1.82) is 0 Å². The number of unbranched alkanes of at least 4 members (excludes halogenated alkanes) is 1. The Hall–Kier alpha value is -7.48. The lowest BCUT2D eigenvalue weighted by Gasteiger charge is -2.35. The van der Waals surface area contributed by atoms with Gasteiger partial charge in [0, 0.05) is 152 Å². The molecular weight excluding hydrogens is 929 g/mol. The number of hydrogen-bond acceptors (Lipinski definition) is 19. The molecule has 25 heteroatoms. The molecule has 2 aliphatic rings. The number of nitrogens with one attached hydrogen (secondary N) is 4. The highest BCUT2D eigenvalue weighted by atomic mass is 16.5. The van der Waals surface area contributed by atoms with Crippen LogP contribution in [0.15, 0.2) is 55.6 Å². The van der Waals surface area contributed by atoms with Crippen molar-refractivity contribution < 1.29 is 33.4 Å². The minimum absolute atomic E-state index is 0.00360. The van der Waals surface area contributed by atoms with Gasteiger partial charge in [0.05, 0.1) is 43.8 Å². The average Bonchev–Trinajstić information content (AvgIpc) is 4.04. The lowest BCUT2D eigenvalue weighted by molar-refractivity contribution is -0.132. The van der Waals surface area contributed by atoms with Crippen LogP contribution in [0.3, 0.4) is 0 Å². The maximum atomic E-state index is 13.0. The Balaban J connectivity index is 0.650. The monoisotopic (exact) mass is 991 g/mol. The number of pyridine rings is 1. The second-order valence-corrected chi connectivity index (χ2v) is 17.3. The van der Waals surface area contributed by atoms with Crippen LogP contribution in [-0.2, 0) is 41.7 Å². The molecule has 6 aromatic rings. The van der Waals surface area contributed by atoms with Crippen LogP contribution < -0.4 is 31.5 Å². The van der Waals surface area contributed by atoms with Gasteiger partial charge in [0.2, 0.25) is 29.6 Å². The molecule has 0 radical (unpaired) electrons. The number of aryl methyl sites for hydroxylation is 1. The fourth-order valence-electron chi connectivity index (χ4n) is 8.29. The number of carbonyl (C=O) groups excluding carboxylic acids is 4. The first kappa shape index (κ1) is 50.9. The fraction of sp³-hybridized carbons (Fsp3) is 0.489. The Kier molecular flexibility index (Phi) is 18.1. The third kappa shape index (κ3) is 13.9. The smallest absolute Gasteiger partial charge is 0.254 e. The topological polar surface area (TPSA) is 295 Å². The third-order valence-electron chi connectivity index (χ3n) is 12.3. The highest BCUT2D eigenvalue weighted by molar-refractivity contribution is 5.99. The molecule has 25 nitrogen and oxygen atoms in total. The average molecular weight is 991 g/mol. The van der Waals surface area contributed by atoms with Gasteiger partial charge < -0.3 is 55.6 Å². The maximum Gasteiger partial charge on any atom is 0.254 e. The molecule has 4 amide bonds. The molecule has 382 valence electrons. The van der Waals surface area contributed by atoms with Crippen molar-refractivity contribution in [2.75, 3.05) is 128 Å². The SMILES string of the molecule is COCC(=O)NCCOCCC(=O)NCc1cnc(N2CCN(C(=O)CCOCCN3CCN(c4ncc(C(=O)NCCCCn5nc(-c6cnc7[nH]ccc7c6)c6c(N)ncnc65)cn4)CC3)CC2)nc1. The van der Waals surface area contributed by atoms with Crippen LogP contribution in [0.5, 0.6) is 0 Å². The number of nitrogens with two attached hydrogens (primary N) is 1. The first-order valence-corrected chi connectivity index (χ1v) is 24.2. The zero-order valence-corrected chi connectivity index (χ0v) is 40.5. The molecule has 0 aromatic carbocycles. The summed E-state index contributed by atoms with van der Waals surface area (Å²) >= 11 is 0. The number of nitrogens with zero attached hydrogens (tertiary/aromatic N) is 13. The van der Waals surface area contributed by atoms with E-state index in [1.807, 2.05) is 32.8 Å². The molecule has 0 bridgehead atoms. The fourth-order valence-corrected chi connectivity index (χ4v) is 8.29. The number of aromatic amines is 1. The van der Waals surface area contributed by atoms with Crippen molar-refractivity contribution in [3.63, 3.8) is 0 Å². The molecule has 0 spiro atoms. The van der Waals surface area contributed by atoms with Gasteiger partial charge in [-0.2, -0.15) is 5.10 Å². The molecule has 2 fully saturated rings. The lowest BCUT2D eigenvalue weighted by Crippen LogP contribution is -2.49. The van der Waals surface area contributed by atoms with Crippen molar-refractivity contribution in [3.8, 4) is 11.3 Å². The van der Waals surface area contributed by atoms with Crippen molar-refractivity contribution >= 4 is 63.4 Å². The van der Waals surface area contributed by atoms with E-state index in [0.29, 0.717) is 125 Å². The van der Waals surface area contributed by atoms with Crippen LogP contribution >= 0.6 is 0 Å². The number of H-pyrrole nitrogens is 1. The van der Waals surface area contributed by atoms with Crippen molar-refractivity contribution in [2.24, 2.45) is 0 Å². The number of methoxy groups -OCH3 is 1. The van der Waals surface area contributed by atoms with Crippen molar-refractivity contribution in [2.45, 2.75) is 38.8 Å². The number of hydrogen-bond donors (Lipinski definition) is 5. The molecule has 6 N–H and O–H groups in total. The molecule has 0 unspecified atom stereocenters. The maximum absolute atomic E-state index is 13.0. The number of nitrogen functional groups attached to an aromatic ring is 1. The van der Waals surface area contributed by atoms with E-state index in [-0.39, 0.29) is 43.3 Å². The highest BCUT2D eigenvalue weighted by Gasteiger charge is 2.24. The van der Waals surface area contributed by atoms with Crippen molar-refractivity contribution in [3.05, 3.63) is 66.8 Å². The summed E-state index contributed by atoms with van der Waals surface area (Å²) < 4.78 is 17.8. The predicted octanol–water partition coefficient (Wildman–Crippen LogP) is 0.405. The van der Waals surface area contributed by atoms with Gasteiger partial charge in [-0.15, -0.1) is 0 Å². The summed E-state index contributed by atoms with van der Waals surface area (Å²) in [6.45, 7) is 9.36. The lowest BCUT2D eigenvalue weighted by atomic mass is 10.1. The number of carbonyl (C=O) groups is 4. The van der Waals surface area contributed by atoms with E-state index in [0.717, 1.165) is 61.3 Å². The Morgan fingerprint density at radius 1 is 0.722 bits per heavy atom. The van der Waals surface area contributed by atoms with E-state index >= 15 is 0 Å². The summed E-state index contributed by atoms with van der Waals surface area (Å²) in [4.78, 5) is 92.0. The van der Waals surface area contributed by atoms with Gasteiger partial charge in [-0.05, 0) is 25.0 Å². The number of aromatic nitrogens is 10. The Labute approximate surface area is 415 Å². The van der Waals surface area contributed by atoms with E-state index in [4.69, 9.17) is 25.0 Å². The van der Waals surface area contributed by atoms with E-state index < -0.39 is 0 Å². The highest BCUT2D eigenvalue weighted by Crippen LogP contribution is 2.31.